The molecule has 0 spiro atoms. The Morgan fingerprint density at radius 3 is 0.793 bits per heavy atom. The fourth-order valence-electron chi connectivity index (χ4n) is 13.1. The van der Waals surface area contributed by atoms with Crippen molar-refractivity contribution in [2.45, 2.75) is 266 Å². The summed E-state index contributed by atoms with van der Waals surface area (Å²) < 4.78 is 74.2. The third-order valence-electron chi connectivity index (χ3n) is 19.5. The molecule has 15 nitrogen and oxygen atoms in total. The first-order valence-electron chi connectivity index (χ1n) is 42.3. The van der Waals surface area contributed by atoms with Gasteiger partial charge >= 0.3 is 35.0 Å². The molecule has 7 aromatic carbocycles. The molecule has 0 heterocycles. The summed E-state index contributed by atoms with van der Waals surface area (Å²) in [5, 5.41) is 0. The third kappa shape index (κ3) is 36.6. The number of carbonyl (C=O) groups excluding carboxylic acids is 3. The second-order valence-corrected chi connectivity index (χ2v) is 37.0. The zero-order valence-electron chi connectivity index (χ0n) is 68.6. The van der Waals surface area contributed by atoms with Crippen molar-refractivity contribution in [1.29, 1.82) is 0 Å². The molecule has 17 heteroatoms. The third-order valence-corrected chi connectivity index (χ3v) is 25.2. The first-order chi connectivity index (χ1) is 54.1. The number of carbonyl (C=O) groups is 3. The molecule has 0 amide bonds. The van der Waals surface area contributed by atoms with Crippen molar-refractivity contribution >= 4 is 35.0 Å². The number of ether oxygens (including phenoxy) is 9. The molecule has 0 bridgehead atoms. The maximum absolute atomic E-state index is 13.9. The molecule has 0 saturated heterocycles. The lowest BCUT2D eigenvalue weighted by molar-refractivity contribution is 0.0720. The van der Waals surface area contributed by atoms with Crippen molar-refractivity contribution in [2.75, 3.05) is 52.9 Å². The minimum absolute atomic E-state index is 0.304. The average Bonchev–Trinajstić information content (AvgIpc) is 0.835. The number of unbranched alkanes of at least 4 members (excludes halogenated alkanes) is 27. The van der Waals surface area contributed by atoms with Gasteiger partial charge in [-0.15, -0.1) is 0 Å². The summed E-state index contributed by atoms with van der Waals surface area (Å²) in [4.78, 5) is 40.8. The van der Waals surface area contributed by atoms with Crippen LogP contribution >= 0.6 is 0 Å². The van der Waals surface area contributed by atoms with E-state index in [2.05, 4.69) is 66.0 Å². The molecule has 7 rings (SSSR count). The molecule has 0 unspecified atom stereocenters. The first kappa shape index (κ1) is 90.3. The number of hydrogen-bond donors (Lipinski definition) is 0. The molecule has 7 aromatic rings. The molecule has 0 aliphatic carbocycles. The predicted octanol–water partition coefficient (Wildman–Crippen LogP) is 26.1. The van der Waals surface area contributed by atoms with Crippen molar-refractivity contribution in [2.24, 2.45) is 0 Å². The van der Waals surface area contributed by atoms with Crippen LogP contribution in [0, 0.1) is 0 Å². The molecule has 0 aromatic heterocycles. The average molecular weight is 1560 g/mol. The minimum atomic E-state index is -2.55. The largest absolute Gasteiger partial charge is 0.494 e. The maximum Gasteiger partial charge on any atom is 0.347 e. The molecular formula is C94H132O15Si2. The van der Waals surface area contributed by atoms with Crippen LogP contribution < -0.4 is 42.6 Å². The highest BCUT2D eigenvalue weighted by atomic mass is 28.5. The van der Waals surface area contributed by atoms with Crippen molar-refractivity contribution in [1.82, 2.24) is 0 Å². The van der Waals surface area contributed by atoms with Gasteiger partial charge in [0.15, 0.2) is 0 Å². The van der Waals surface area contributed by atoms with Gasteiger partial charge in [-0.1, -0.05) is 224 Å². The fraction of sp³-hybridized carbons (Fsp3) is 0.521. The lowest BCUT2D eigenvalue weighted by Gasteiger charge is -2.32. The Kier molecular flexibility index (Phi) is 43.2. The molecule has 606 valence electrons. The second kappa shape index (κ2) is 53.1. The zero-order valence-corrected chi connectivity index (χ0v) is 70.6. The van der Waals surface area contributed by atoms with E-state index in [9.17, 15) is 14.4 Å². The highest BCUT2D eigenvalue weighted by Gasteiger charge is 2.36. The van der Waals surface area contributed by atoms with E-state index in [-0.39, 0.29) is 0 Å². The highest BCUT2D eigenvalue weighted by molar-refractivity contribution is 6.78. The molecule has 0 aliphatic heterocycles. The van der Waals surface area contributed by atoms with E-state index < -0.39 is 35.0 Å². The molecule has 0 N–H and O–H groups in total. The van der Waals surface area contributed by atoms with Gasteiger partial charge in [0.05, 0.1) is 45.2 Å². The van der Waals surface area contributed by atoms with Gasteiger partial charge < -0.3 is 55.6 Å². The Balaban J connectivity index is 0.813. The van der Waals surface area contributed by atoms with Crippen molar-refractivity contribution < 1.29 is 70.0 Å². The standard InChI is InChI=1S/C94H132O15Si2/c1-9-13-17-21-25-26-27-31-35-67-98-81-52-42-76(43-53-81)77-46-58-84(59-47-77)107-93(96)88-64-62-86(100-68-36-29-23-19-15-11-3)74-90(88)102-70-38-32-40-72-104-110(5,6)109-111(7,8)105-73-41-33-39-71-103-91-75-87(101-69-37-30-24-20-16-12-4)63-65-89(91)94(97)108-85-60-48-79(49-61-85)78-44-56-83(57-45-78)106-92(95)80-50-54-82(55-51-80)99-66-34-28-22-18-14-10-2/h42-65,74-75H,9-41,66-73H2,1-8H3. The number of rotatable bonds is 61. The zero-order chi connectivity index (χ0) is 78.8. The Bertz CT molecular complexity index is 3670. The normalized spacial score (nSPS) is 11.5. The van der Waals surface area contributed by atoms with E-state index in [4.69, 9.17) is 55.6 Å². The van der Waals surface area contributed by atoms with E-state index in [1.165, 1.54) is 128 Å². The molecule has 0 aliphatic rings. The van der Waals surface area contributed by atoms with E-state index >= 15 is 0 Å². The summed E-state index contributed by atoms with van der Waals surface area (Å²) in [7, 11) is -5.09. The van der Waals surface area contributed by atoms with Gasteiger partial charge in [0, 0.05) is 25.3 Å². The topological polar surface area (TPSA) is 162 Å². The lowest BCUT2D eigenvalue weighted by Crippen LogP contribution is -2.48. The van der Waals surface area contributed by atoms with Crippen LogP contribution in [-0.2, 0) is 13.0 Å². The van der Waals surface area contributed by atoms with Crippen LogP contribution in [-0.4, -0.2) is 87.9 Å². The van der Waals surface area contributed by atoms with Gasteiger partial charge in [0.25, 0.3) is 0 Å². The van der Waals surface area contributed by atoms with E-state index in [0.717, 1.165) is 124 Å². The Morgan fingerprint density at radius 1 is 0.243 bits per heavy atom. The first-order valence-corrected chi connectivity index (χ1v) is 48.0. The minimum Gasteiger partial charge on any atom is -0.494 e. The van der Waals surface area contributed by atoms with Crippen LogP contribution in [0.1, 0.15) is 271 Å². The molecule has 0 atom stereocenters. The number of hydrogen-bond acceptors (Lipinski definition) is 15. The summed E-state index contributed by atoms with van der Waals surface area (Å²) in [5.74, 6) is 3.51. The number of esters is 3. The van der Waals surface area contributed by atoms with Crippen molar-refractivity contribution in [3.05, 3.63) is 174 Å². The van der Waals surface area contributed by atoms with Crippen molar-refractivity contribution in [3.8, 4) is 74.0 Å². The SMILES string of the molecule is CCCCCCCCCCCOc1ccc(-c2ccc(OC(=O)c3ccc(OCCCCCCCC)cc3OCCCCCO[Si](C)(C)O[Si](C)(C)OCCCCCOc3cc(OCCCCCCCC)ccc3C(=O)Oc3ccc(-c4ccc(OC(=O)c5ccc(OCCCCCCCC)cc5)cc4)cc3)cc2)cc1. The van der Waals surface area contributed by atoms with Gasteiger partial charge in [-0.2, -0.15) is 0 Å². The summed E-state index contributed by atoms with van der Waals surface area (Å²) >= 11 is 0. The quantitative estimate of drug-likeness (QED) is 0.0153. The van der Waals surface area contributed by atoms with E-state index in [0.29, 0.717) is 103 Å². The smallest absolute Gasteiger partial charge is 0.347 e. The molecule has 0 radical (unpaired) electrons. The summed E-state index contributed by atoms with van der Waals surface area (Å²) in [6.07, 6.45) is 37.5. The van der Waals surface area contributed by atoms with Crippen LogP contribution in [0.5, 0.6) is 51.7 Å². The Labute approximate surface area is 668 Å². The van der Waals surface area contributed by atoms with Gasteiger partial charge in [-0.25, -0.2) is 14.4 Å². The predicted molar refractivity (Wildman–Crippen MR) is 454 cm³/mol. The molecule has 0 fully saturated rings. The van der Waals surface area contributed by atoms with Crippen LogP contribution in [0.15, 0.2) is 158 Å². The van der Waals surface area contributed by atoms with Gasteiger partial charge in [0.1, 0.15) is 62.9 Å². The van der Waals surface area contributed by atoms with Crippen LogP contribution in [0.25, 0.3) is 22.3 Å². The van der Waals surface area contributed by atoms with Gasteiger partial charge in [-0.05, 0) is 210 Å². The van der Waals surface area contributed by atoms with Crippen LogP contribution in [0.4, 0.5) is 0 Å². The Hall–Kier alpha value is -7.94. The van der Waals surface area contributed by atoms with E-state index in [1.54, 1.807) is 72.8 Å². The molecular weight excluding hydrogens is 1430 g/mol. The highest BCUT2D eigenvalue weighted by Crippen LogP contribution is 2.33. The summed E-state index contributed by atoms with van der Waals surface area (Å²) in [6.45, 7) is 21.7. The van der Waals surface area contributed by atoms with Gasteiger partial charge in [-0.3, -0.25) is 0 Å². The summed E-state index contributed by atoms with van der Waals surface area (Å²) in [5.41, 5.74) is 4.95. The van der Waals surface area contributed by atoms with Gasteiger partial charge in [0.2, 0.25) is 0 Å². The Morgan fingerprint density at radius 2 is 0.477 bits per heavy atom. The monoisotopic (exact) mass is 1560 g/mol. The van der Waals surface area contributed by atoms with Crippen LogP contribution in [0.2, 0.25) is 26.2 Å². The second-order valence-electron chi connectivity index (χ2n) is 30.0. The molecule has 111 heavy (non-hydrogen) atoms. The fourth-order valence-corrected chi connectivity index (χ4v) is 19.5. The maximum atomic E-state index is 13.9. The van der Waals surface area contributed by atoms with Crippen LogP contribution in [0.3, 0.4) is 0 Å². The number of benzene rings is 7. The summed E-state index contributed by atoms with van der Waals surface area (Å²) in [6, 6.07) is 48.1. The van der Waals surface area contributed by atoms with Crippen molar-refractivity contribution in [3.63, 3.8) is 0 Å². The lowest BCUT2D eigenvalue weighted by atomic mass is 10.1. The molecule has 0 saturated carbocycles. The van der Waals surface area contributed by atoms with E-state index in [1.807, 2.05) is 72.8 Å².